The number of hydrogen-bond acceptors (Lipinski definition) is 8. The number of methoxy groups -OCH3 is 2. The summed E-state index contributed by atoms with van der Waals surface area (Å²) >= 11 is 0. The quantitative estimate of drug-likeness (QED) is 0.109. The van der Waals surface area contributed by atoms with E-state index in [1.807, 2.05) is 54.9 Å². The Morgan fingerprint density at radius 2 is 1.02 bits per heavy atom. The van der Waals surface area contributed by atoms with Crippen molar-refractivity contribution >= 4 is 17.0 Å². The topological polar surface area (TPSA) is 92.6 Å². The van der Waals surface area contributed by atoms with Gasteiger partial charge in [-0.1, -0.05) is 159 Å². The van der Waals surface area contributed by atoms with Crippen molar-refractivity contribution in [3.63, 3.8) is 0 Å². The third kappa shape index (κ3) is 7.19. The molecule has 0 amide bonds. The van der Waals surface area contributed by atoms with Crippen molar-refractivity contribution in [3.05, 3.63) is 216 Å². The van der Waals surface area contributed by atoms with Crippen LogP contribution in [0.15, 0.2) is 183 Å². The van der Waals surface area contributed by atoms with Crippen LogP contribution in [0.3, 0.4) is 0 Å². The number of benzene rings is 6. The molecule has 0 bridgehead atoms. The lowest BCUT2D eigenvalue weighted by Crippen LogP contribution is -2.38. The molecular weight excluding hydrogens is 759 g/mol. The van der Waals surface area contributed by atoms with Crippen molar-refractivity contribution in [1.29, 1.82) is 0 Å². The summed E-state index contributed by atoms with van der Waals surface area (Å²) in [6.45, 7) is 4.81. The molecule has 9 heteroatoms. The van der Waals surface area contributed by atoms with Gasteiger partial charge in [-0.25, -0.2) is 15.0 Å². The lowest BCUT2D eigenvalue weighted by molar-refractivity contribution is -0.0837. The number of rotatable bonds is 14. The number of nitrogens with zero attached hydrogens (tertiary/aromatic N) is 4. The molecule has 4 atom stereocenters. The summed E-state index contributed by atoms with van der Waals surface area (Å²) in [6.07, 6.45) is 2.84. The van der Waals surface area contributed by atoms with E-state index in [1.54, 1.807) is 20.5 Å². The molecule has 61 heavy (non-hydrogen) atoms. The molecular formula is C52H49N5O4. The highest BCUT2D eigenvalue weighted by atomic mass is 16.6. The first kappa shape index (κ1) is 39.6. The second kappa shape index (κ2) is 17.0. The van der Waals surface area contributed by atoms with Gasteiger partial charge in [-0.2, -0.15) is 0 Å². The van der Waals surface area contributed by atoms with Gasteiger partial charge in [0.25, 0.3) is 0 Å². The largest absolute Gasteiger partial charge is 0.497 e. The normalized spacial score (nSPS) is 17.9. The minimum atomic E-state index is -0.914. The van der Waals surface area contributed by atoms with E-state index < -0.39 is 11.1 Å². The van der Waals surface area contributed by atoms with E-state index in [-0.39, 0.29) is 24.2 Å². The van der Waals surface area contributed by atoms with E-state index >= 15 is 0 Å². The maximum atomic E-state index is 7.30. The lowest BCUT2D eigenvalue weighted by Gasteiger charge is -2.37. The minimum absolute atomic E-state index is 0.105. The summed E-state index contributed by atoms with van der Waals surface area (Å²) < 4.78 is 27.5. The molecule has 2 aromatic heterocycles. The molecule has 1 saturated heterocycles. The molecule has 2 unspecified atom stereocenters. The number of fused-ring (bicyclic) bond motifs is 1. The van der Waals surface area contributed by atoms with E-state index in [1.165, 1.54) is 0 Å². The van der Waals surface area contributed by atoms with Gasteiger partial charge in [-0.15, -0.1) is 0 Å². The molecule has 6 aromatic carbocycles. The van der Waals surface area contributed by atoms with E-state index in [0.29, 0.717) is 23.6 Å². The van der Waals surface area contributed by atoms with E-state index in [2.05, 4.69) is 145 Å². The first-order chi connectivity index (χ1) is 30.0. The highest BCUT2D eigenvalue weighted by Gasteiger charge is 2.45. The van der Waals surface area contributed by atoms with Crippen LogP contribution < -0.4 is 14.8 Å². The van der Waals surface area contributed by atoms with Crippen LogP contribution in [0.2, 0.25) is 0 Å². The molecule has 0 aliphatic carbocycles. The van der Waals surface area contributed by atoms with Gasteiger partial charge in [0.2, 0.25) is 0 Å². The third-order valence-corrected chi connectivity index (χ3v) is 12.4. The molecule has 0 spiro atoms. The summed E-state index contributed by atoms with van der Waals surface area (Å²) in [7, 11) is 3.36. The Kier molecular flexibility index (Phi) is 11.1. The predicted octanol–water partition coefficient (Wildman–Crippen LogP) is 10.4. The van der Waals surface area contributed by atoms with Crippen molar-refractivity contribution in [2.24, 2.45) is 11.8 Å². The SMILES string of the molecule is COc1ccc(C(Nc2ncnc3c2ncn3[C@@H]2O[C@H](COC(c3ccccc3)(c3ccccc3)c3ccc(OC)cc3)C(C)C2C)(c2ccccc2)c2ccccc2)cc1. The number of ether oxygens (including phenoxy) is 4. The minimum Gasteiger partial charge on any atom is -0.497 e. The fourth-order valence-electron chi connectivity index (χ4n) is 8.90. The van der Waals surface area contributed by atoms with Crippen molar-refractivity contribution in [3.8, 4) is 11.5 Å². The van der Waals surface area contributed by atoms with E-state index in [9.17, 15) is 0 Å². The van der Waals surface area contributed by atoms with Crippen molar-refractivity contribution in [2.45, 2.75) is 37.3 Å². The number of nitrogens with one attached hydrogen (secondary N) is 1. The molecule has 8 aromatic rings. The van der Waals surface area contributed by atoms with Crippen LogP contribution in [0, 0.1) is 11.8 Å². The fourth-order valence-corrected chi connectivity index (χ4v) is 8.90. The Balaban J connectivity index is 1.07. The number of anilines is 1. The Morgan fingerprint density at radius 3 is 1.52 bits per heavy atom. The second-order valence-electron chi connectivity index (χ2n) is 15.6. The average molecular weight is 808 g/mol. The monoisotopic (exact) mass is 807 g/mol. The van der Waals surface area contributed by atoms with Crippen LogP contribution >= 0.6 is 0 Å². The van der Waals surface area contributed by atoms with E-state index in [4.69, 9.17) is 33.9 Å². The van der Waals surface area contributed by atoms with Gasteiger partial charge in [0.15, 0.2) is 17.0 Å². The number of aromatic nitrogens is 4. The summed E-state index contributed by atoms with van der Waals surface area (Å²) in [6, 6.07) is 58.0. The summed E-state index contributed by atoms with van der Waals surface area (Å²) in [5.74, 6) is 2.40. The van der Waals surface area contributed by atoms with Gasteiger partial charge in [0, 0.05) is 5.92 Å². The maximum absolute atomic E-state index is 7.30. The zero-order valence-corrected chi connectivity index (χ0v) is 34.8. The Morgan fingerprint density at radius 1 is 0.557 bits per heavy atom. The standard InChI is InChI=1S/C52H49N5O4/c1-36-37(2)50(61-46(36)33-60-52(41-21-13-7-14-22-41,42-23-15-8-16-24-42)43-27-31-45(59-4)32-28-43)57-35-55-47-48(53-34-54-49(47)57)56-51(38-17-9-5-10-18-38,39-19-11-6-12-20-39)40-25-29-44(58-3)30-26-40/h5-32,34-37,46,50H,33H2,1-4H3,(H,53,54,56)/t36?,37?,46-,50-/m1/s1. The van der Waals surface area contributed by atoms with Gasteiger partial charge < -0.3 is 24.3 Å². The molecule has 3 heterocycles. The highest BCUT2D eigenvalue weighted by molar-refractivity contribution is 5.84. The molecule has 1 aliphatic heterocycles. The van der Waals surface area contributed by atoms with Crippen LogP contribution in [0.1, 0.15) is 53.5 Å². The molecule has 0 radical (unpaired) electrons. The molecule has 306 valence electrons. The van der Waals surface area contributed by atoms with Crippen LogP contribution in [-0.4, -0.2) is 46.4 Å². The third-order valence-electron chi connectivity index (χ3n) is 12.4. The van der Waals surface area contributed by atoms with Crippen LogP contribution in [-0.2, 0) is 20.6 Å². The van der Waals surface area contributed by atoms with Crippen molar-refractivity contribution < 1.29 is 18.9 Å². The first-order valence-corrected chi connectivity index (χ1v) is 20.7. The molecule has 1 aliphatic rings. The van der Waals surface area contributed by atoms with E-state index in [0.717, 1.165) is 44.9 Å². The Hall–Kier alpha value is -6.81. The highest BCUT2D eigenvalue weighted by Crippen LogP contribution is 2.46. The Labute approximate surface area is 357 Å². The van der Waals surface area contributed by atoms with Crippen LogP contribution in [0.5, 0.6) is 11.5 Å². The molecule has 9 rings (SSSR count). The Bertz CT molecular complexity index is 2580. The zero-order chi connectivity index (χ0) is 41.8. The van der Waals surface area contributed by atoms with Crippen LogP contribution in [0.25, 0.3) is 11.2 Å². The van der Waals surface area contributed by atoms with Crippen molar-refractivity contribution in [2.75, 3.05) is 26.1 Å². The lowest BCUT2D eigenvalue weighted by atomic mass is 9.77. The first-order valence-electron chi connectivity index (χ1n) is 20.7. The van der Waals surface area contributed by atoms with Gasteiger partial charge in [-0.3, -0.25) is 4.57 Å². The molecule has 0 saturated carbocycles. The molecule has 1 fully saturated rings. The smallest absolute Gasteiger partial charge is 0.167 e. The maximum Gasteiger partial charge on any atom is 0.167 e. The summed E-state index contributed by atoms with van der Waals surface area (Å²) in [4.78, 5) is 14.7. The number of imidazole rings is 1. The number of hydrogen-bond donors (Lipinski definition) is 1. The van der Waals surface area contributed by atoms with Crippen molar-refractivity contribution in [1.82, 2.24) is 19.5 Å². The van der Waals surface area contributed by atoms with Gasteiger partial charge >= 0.3 is 0 Å². The fraction of sp³-hybridized carbons (Fsp3) is 0.212. The second-order valence-corrected chi connectivity index (χ2v) is 15.6. The van der Waals surface area contributed by atoms with Gasteiger partial charge in [-0.05, 0) is 63.6 Å². The molecule has 1 N–H and O–H groups in total. The zero-order valence-electron chi connectivity index (χ0n) is 34.8. The average Bonchev–Trinajstić information content (AvgIpc) is 3.89. The van der Waals surface area contributed by atoms with Gasteiger partial charge in [0.05, 0.1) is 33.3 Å². The summed E-state index contributed by atoms with van der Waals surface area (Å²) in [5, 5.41) is 3.91. The summed E-state index contributed by atoms with van der Waals surface area (Å²) in [5.41, 5.74) is 5.69. The predicted molar refractivity (Wildman–Crippen MR) is 239 cm³/mol. The van der Waals surface area contributed by atoms with Crippen LogP contribution in [0.4, 0.5) is 5.82 Å². The van der Waals surface area contributed by atoms with Gasteiger partial charge in [0.1, 0.15) is 35.2 Å². The molecule has 9 nitrogen and oxygen atoms in total.